The third-order valence-corrected chi connectivity index (χ3v) is 4.42. The molecule has 1 heterocycles. The quantitative estimate of drug-likeness (QED) is 0.767. The summed E-state index contributed by atoms with van der Waals surface area (Å²) in [6, 6.07) is 0.344. The first-order valence-electron chi connectivity index (χ1n) is 7.46. The smallest absolute Gasteiger partial charge is 0.223 e. The van der Waals surface area contributed by atoms with Crippen molar-refractivity contribution in [3.63, 3.8) is 0 Å². The van der Waals surface area contributed by atoms with Crippen LogP contribution < -0.4 is 11.1 Å². The molecule has 108 valence electrons. The molecule has 19 heavy (non-hydrogen) atoms. The number of nitrogens with two attached hydrogens (primary N) is 1. The predicted molar refractivity (Wildman–Crippen MR) is 81.0 cm³/mol. The van der Waals surface area contributed by atoms with Gasteiger partial charge in [-0.3, -0.25) is 9.69 Å². The van der Waals surface area contributed by atoms with E-state index in [1.807, 2.05) is 0 Å². The molecule has 0 spiro atoms. The molecular formula is C14H25N3OS. The van der Waals surface area contributed by atoms with E-state index in [0.717, 1.165) is 38.8 Å². The minimum absolute atomic E-state index is 0.267. The standard InChI is InChI=1S/C14H25N3OS/c15-13(19)10-17-8-6-12(7-9-17)16-14(18)11-4-2-1-3-5-11/h11-12H,1-10H2,(H2,15,19)(H,16,18). The molecule has 1 saturated carbocycles. The molecule has 0 aromatic carbocycles. The van der Waals surface area contributed by atoms with E-state index in [2.05, 4.69) is 10.2 Å². The number of thiocarbonyl (C=S) groups is 1. The third kappa shape index (κ3) is 4.73. The average molecular weight is 283 g/mol. The number of amides is 1. The molecule has 0 aromatic rings. The summed E-state index contributed by atoms with van der Waals surface area (Å²) in [6.45, 7) is 2.67. The molecule has 2 aliphatic rings. The van der Waals surface area contributed by atoms with Crippen molar-refractivity contribution in [3.8, 4) is 0 Å². The van der Waals surface area contributed by atoms with Crippen molar-refractivity contribution in [3.05, 3.63) is 0 Å². The number of piperidine rings is 1. The van der Waals surface area contributed by atoms with Gasteiger partial charge in [-0.25, -0.2) is 0 Å². The molecule has 2 fully saturated rings. The van der Waals surface area contributed by atoms with E-state index in [-0.39, 0.29) is 11.8 Å². The van der Waals surface area contributed by atoms with Crippen LogP contribution in [0.5, 0.6) is 0 Å². The molecule has 5 heteroatoms. The van der Waals surface area contributed by atoms with Crippen LogP contribution in [0.4, 0.5) is 0 Å². The minimum atomic E-state index is 0.267. The highest BCUT2D eigenvalue weighted by Crippen LogP contribution is 2.24. The first-order valence-corrected chi connectivity index (χ1v) is 7.87. The Hall–Kier alpha value is -0.680. The third-order valence-electron chi connectivity index (χ3n) is 4.29. The number of nitrogens with one attached hydrogen (secondary N) is 1. The summed E-state index contributed by atoms with van der Waals surface area (Å²) >= 11 is 4.93. The lowest BCUT2D eigenvalue weighted by molar-refractivity contribution is -0.126. The molecule has 0 unspecified atom stereocenters. The molecule has 1 saturated heterocycles. The van der Waals surface area contributed by atoms with Gasteiger partial charge in [-0.1, -0.05) is 31.5 Å². The van der Waals surface area contributed by atoms with Gasteiger partial charge in [0.1, 0.15) is 0 Å². The Labute approximate surface area is 121 Å². The van der Waals surface area contributed by atoms with Gasteiger partial charge >= 0.3 is 0 Å². The van der Waals surface area contributed by atoms with E-state index < -0.39 is 0 Å². The van der Waals surface area contributed by atoms with Crippen molar-refractivity contribution < 1.29 is 4.79 Å². The zero-order chi connectivity index (χ0) is 13.7. The number of carbonyl (C=O) groups excluding carboxylic acids is 1. The van der Waals surface area contributed by atoms with Crippen LogP contribution in [0.2, 0.25) is 0 Å². The lowest BCUT2D eigenvalue weighted by Gasteiger charge is -2.33. The van der Waals surface area contributed by atoms with Gasteiger partial charge in [0, 0.05) is 31.6 Å². The molecule has 0 aromatic heterocycles. The monoisotopic (exact) mass is 283 g/mol. The normalized spacial score (nSPS) is 23.2. The molecule has 3 N–H and O–H groups in total. The summed E-state index contributed by atoms with van der Waals surface area (Å²) in [5.41, 5.74) is 5.56. The van der Waals surface area contributed by atoms with Crippen LogP contribution in [-0.4, -0.2) is 41.5 Å². The topological polar surface area (TPSA) is 58.4 Å². The number of likely N-dealkylation sites (tertiary alicyclic amines) is 1. The maximum absolute atomic E-state index is 12.2. The number of carbonyl (C=O) groups is 1. The lowest BCUT2D eigenvalue weighted by Crippen LogP contribution is -2.47. The molecule has 1 aliphatic carbocycles. The molecule has 4 nitrogen and oxygen atoms in total. The highest BCUT2D eigenvalue weighted by molar-refractivity contribution is 7.80. The Morgan fingerprint density at radius 1 is 1.16 bits per heavy atom. The second kappa shape index (κ2) is 7.20. The van der Waals surface area contributed by atoms with Gasteiger partial charge in [-0.2, -0.15) is 0 Å². The summed E-state index contributed by atoms with van der Waals surface area (Å²) < 4.78 is 0. The summed E-state index contributed by atoms with van der Waals surface area (Å²) in [5.74, 6) is 0.552. The van der Waals surface area contributed by atoms with E-state index in [9.17, 15) is 4.79 Å². The van der Waals surface area contributed by atoms with Crippen LogP contribution in [0.25, 0.3) is 0 Å². The number of hydrogen-bond donors (Lipinski definition) is 2. The highest BCUT2D eigenvalue weighted by Gasteiger charge is 2.25. The Morgan fingerprint density at radius 3 is 2.37 bits per heavy atom. The van der Waals surface area contributed by atoms with Crippen LogP contribution in [0, 0.1) is 5.92 Å². The SMILES string of the molecule is NC(=S)CN1CCC(NC(=O)C2CCCCC2)CC1. The summed E-state index contributed by atoms with van der Waals surface area (Å²) in [7, 11) is 0. The van der Waals surface area contributed by atoms with E-state index in [1.54, 1.807) is 0 Å². The summed E-state index contributed by atoms with van der Waals surface area (Å²) in [6.07, 6.45) is 7.90. The van der Waals surface area contributed by atoms with Crippen LogP contribution in [0.15, 0.2) is 0 Å². The Balaban J connectivity index is 1.69. The van der Waals surface area contributed by atoms with Gasteiger partial charge in [0.15, 0.2) is 0 Å². The number of hydrogen-bond acceptors (Lipinski definition) is 3. The molecule has 1 amide bonds. The first-order chi connectivity index (χ1) is 9.15. The van der Waals surface area contributed by atoms with E-state index >= 15 is 0 Å². The van der Waals surface area contributed by atoms with Gasteiger partial charge in [-0.15, -0.1) is 0 Å². The van der Waals surface area contributed by atoms with Crippen molar-refractivity contribution in [1.82, 2.24) is 10.2 Å². The largest absolute Gasteiger partial charge is 0.392 e. The lowest BCUT2D eigenvalue weighted by atomic mass is 9.88. The van der Waals surface area contributed by atoms with E-state index in [0.29, 0.717) is 17.6 Å². The molecule has 1 aliphatic heterocycles. The van der Waals surface area contributed by atoms with Crippen molar-refractivity contribution in [2.24, 2.45) is 11.7 Å². The second-order valence-electron chi connectivity index (χ2n) is 5.86. The molecular weight excluding hydrogens is 258 g/mol. The molecule has 0 radical (unpaired) electrons. The molecule has 0 bridgehead atoms. The summed E-state index contributed by atoms with van der Waals surface area (Å²) in [5, 5.41) is 3.23. The molecule has 2 rings (SSSR count). The highest BCUT2D eigenvalue weighted by atomic mass is 32.1. The van der Waals surface area contributed by atoms with E-state index in [1.165, 1.54) is 19.3 Å². The zero-order valence-corrected chi connectivity index (χ0v) is 12.4. The van der Waals surface area contributed by atoms with Crippen LogP contribution in [0.1, 0.15) is 44.9 Å². The second-order valence-corrected chi connectivity index (χ2v) is 6.38. The fourth-order valence-corrected chi connectivity index (χ4v) is 3.32. The molecule has 0 atom stereocenters. The van der Waals surface area contributed by atoms with Gasteiger partial charge in [0.25, 0.3) is 0 Å². The van der Waals surface area contributed by atoms with Gasteiger partial charge < -0.3 is 11.1 Å². The fraction of sp³-hybridized carbons (Fsp3) is 0.857. The summed E-state index contributed by atoms with van der Waals surface area (Å²) in [4.78, 5) is 15.0. The van der Waals surface area contributed by atoms with Crippen molar-refractivity contribution in [2.45, 2.75) is 51.0 Å². The Morgan fingerprint density at radius 2 is 1.79 bits per heavy atom. The van der Waals surface area contributed by atoms with E-state index in [4.69, 9.17) is 18.0 Å². The van der Waals surface area contributed by atoms with Crippen molar-refractivity contribution in [2.75, 3.05) is 19.6 Å². The first kappa shape index (κ1) is 14.7. The van der Waals surface area contributed by atoms with Crippen LogP contribution in [-0.2, 0) is 4.79 Å². The average Bonchev–Trinajstić information content (AvgIpc) is 2.41. The number of nitrogens with zero attached hydrogens (tertiary/aromatic N) is 1. The maximum atomic E-state index is 12.2. The van der Waals surface area contributed by atoms with Gasteiger partial charge in [-0.05, 0) is 25.7 Å². The van der Waals surface area contributed by atoms with Gasteiger partial charge in [0.2, 0.25) is 5.91 Å². The minimum Gasteiger partial charge on any atom is -0.392 e. The zero-order valence-electron chi connectivity index (χ0n) is 11.6. The Bertz CT molecular complexity index is 321. The predicted octanol–water partition coefficient (Wildman–Crippen LogP) is 1.43. The maximum Gasteiger partial charge on any atom is 0.223 e. The number of rotatable bonds is 4. The Kier molecular flexibility index (Phi) is 5.58. The van der Waals surface area contributed by atoms with Gasteiger partial charge in [0.05, 0.1) is 4.99 Å². The van der Waals surface area contributed by atoms with Crippen LogP contribution in [0.3, 0.4) is 0 Å². The van der Waals surface area contributed by atoms with Crippen LogP contribution >= 0.6 is 12.2 Å². The van der Waals surface area contributed by atoms with Crippen molar-refractivity contribution in [1.29, 1.82) is 0 Å². The fourth-order valence-electron chi connectivity index (χ4n) is 3.14. The van der Waals surface area contributed by atoms with Crippen molar-refractivity contribution >= 4 is 23.1 Å².